The van der Waals surface area contributed by atoms with Gasteiger partial charge in [0.25, 0.3) is 0 Å². The summed E-state index contributed by atoms with van der Waals surface area (Å²) in [5.41, 5.74) is 7.71. The molecule has 2 rings (SSSR count). The molecule has 0 amide bonds. The molecule has 0 bridgehead atoms. The summed E-state index contributed by atoms with van der Waals surface area (Å²) in [5, 5.41) is 0.754. The van der Waals surface area contributed by atoms with Crippen LogP contribution in [0, 0.1) is 5.92 Å². The van der Waals surface area contributed by atoms with Crippen molar-refractivity contribution in [2.45, 2.75) is 57.4 Å². The Bertz CT molecular complexity index is 449. The maximum atomic E-state index is 6.68. The third-order valence-corrected chi connectivity index (χ3v) is 4.93. The Morgan fingerprint density at radius 1 is 1.35 bits per heavy atom. The molecule has 1 aromatic rings. The minimum Gasteiger partial charge on any atom is -0.496 e. The fourth-order valence-corrected chi connectivity index (χ4v) is 3.55. The van der Waals surface area contributed by atoms with E-state index in [9.17, 15) is 0 Å². The minimum absolute atomic E-state index is 0.109. The van der Waals surface area contributed by atoms with E-state index in [1.165, 1.54) is 25.7 Å². The molecule has 0 heterocycles. The molecule has 0 spiro atoms. The summed E-state index contributed by atoms with van der Waals surface area (Å²) in [6.07, 6.45) is 8.12. The average molecular weight is 296 g/mol. The lowest BCUT2D eigenvalue weighted by Gasteiger charge is -2.29. The highest BCUT2D eigenvalue weighted by atomic mass is 35.5. The number of halogens is 1. The predicted octanol–water partition coefficient (Wildman–Crippen LogP) is 4.58. The molecular formula is C17H26ClNO. The molecule has 1 aliphatic carbocycles. The van der Waals surface area contributed by atoms with Crippen LogP contribution in [-0.4, -0.2) is 12.6 Å². The molecular weight excluding hydrogens is 270 g/mol. The largest absolute Gasteiger partial charge is 0.496 e. The zero-order valence-electron chi connectivity index (χ0n) is 12.6. The Kier molecular flexibility index (Phi) is 5.34. The Morgan fingerprint density at radius 3 is 2.85 bits per heavy atom. The SMILES string of the molecule is CCC1CCCC(N)(Cc2cc(Cl)ccc2OC)CC1. The lowest BCUT2D eigenvalue weighted by Crippen LogP contribution is -2.41. The van der Waals surface area contributed by atoms with Crippen molar-refractivity contribution >= 4 is 11.6 Å². The number of methoxy groups -OCH3 is 1. The third-order valence-electron chi connectivity index (χ3n) is 4.70. The first-order chi connectivity index (χ1) is 9.56. The smallest absolute Gasteiger partial charge is 0.122 e. The van der Waals surface area contributed by atoms with E-state index in [1.54, 1.807) is 7.11 Å². The van der Waals surface area contributed by atoms with Crippen LogP contribution in [0.4, 0.5) is 0 Å². The van der Waals surface area contributed by atoms with E-state index in [2.05, 4.69) is 6.92 Å². The van der Waals surface area contributed by atoms with Crippen molar-refractivity contribution in [3.8, 4) is 5.75 Å². The highest BCUT2D eigenvalue weighted by Gasteiger charge is 2.30. The van der Waals surface area contributed by atoms with E-state index >= 15 is 0 Å². The van der Waals surface area contributed by atoms with Gasteiger partial charge in [-0.3, -0.25) is 0 Å². The van der Waals surface area contributed by atoms with Crippen LogP contribution >= 0.6 is 11.6 Å². The Balaban J connectivity index is 2.13. The number of ether oxygens (including phenoxy) is 1. The lowest BCUT2D eigenvalue weighted by atomic mass is 9.84. The number of hydrogen-bond donors (Lipinski definition) is 1. The Hall–Kier alpha value is -0.730. The highest BCUT2D eigenvalue weighted by Crippen LogP contribution is 2.35. The normalized spacial score (nSPS) is 27.1. The quantitative estimate of drug-likeness (QED) is 0.825. The van der Waals surface area contributed by atoms with E-state index in [0.29, 0.717) is 0 Å². The predicted molar refractivity (Wildman–Crippen MR) is 85.5 cm³/mol. The third kappa shape index (κ3) is 3.89. The maximum absolute atomic E-state index is 6.68. The fraction of sp³-hybridized carbons (Fsp3) is 0.647. The number of benzene rings is 1. The second-order valence-corrected chi connectivity index (χ2v) is 6.64. The summed E-state index contributed by atoms with van der Waals surface area (Å²) in [6, 6.07) is 5.80. The van der Waals surface area contributed by atoms with E-state index < -0.39 is 0 Å². The second kappa shape index (κ2) is 6.82. The molecule has 1 fully saturated rings. The highest BCUT2D eigenvalue weighted by molar-refractivity contribution is 6.30. The van der Waals surface area contributed by atoms with Gasteiger partial charge in [-0.05, 0) is 55.4 Å². The van der Waals surface area contributed by atoms with Crippen LogP contribution in [-0.2, 0) is 6.42 Å². The summed E-state index contributed by atoms with van der Waals surface area (Å²) < 4.78 is 5.45. The van der Waals surface area contributed by atoms with Crippen LogP contribution in [0.15, 0.2) is 18.2 Å². The van der Waals surface area contributed by atoms with Crippen molar-refractivity contribution in [3.05, 3.63) is 28.8 Å². The number of hydrogen-bond acceptors (Lipinski definition) is 2. The first-order valence-electron chi connectivity index (χ1n) is 7.67. The molecule has 0 aromatic heterocycles. The fourth-order valence-electron chi connectivity index (χ4n) is 3.35. The van der Waals surface area contributed by atoms with Gasteiger partial charge < -0.3 is 10.5 Å². The minimum atomic E-state index is -0.109. The first kappa shape index (κ1) is 15.7. The number of nitrogens with two attached hydrogens (primary N) is 1. The van der Waals surface area contributed by atoms with E-state index in [-0.39, 0.29) is 5.54 Å². The van der Waals surface area contributed by atoms with Crippen LogP contribution in [0.3, 0.4) is 0 Å². The zero-order chi connectivity index (χ0) is 14.6. The van der Waals surface area contributed by atoms with Crippen molar-refractivity contribution in [1.82, 2.24) is 0 Å². The molecule has 2 unspecified atom stereocenters. The second-order valence-electron chi connectivity index (χ2n) is 6.20. The molecule has 112 valence electrons. The Labute approximate surface area is 127 Å². The van der Waals surface area contributed by atoms with Crippen molar-refractivity contribution in [3.63, 3.8) is 0 Å². The molecule has 3 heteroatoms. The van der Waals surface area contributed by atoms with Gasteiger partial charge in [0, 0.05) is 10.6 Å². The van der Waals surface area contributed by atoms with Crippen molar-refractivity contribution in [1.29, 1.82) is 0 Å². The summed E-state index contributed by atoms with van der Waals surface area (Å²) in [7, 11) is 1.70. The molecule has 2 N–H and O–H groups in total. The van der Waals surface area contributed by atoms with Gasteiger partial charge in [0.15, 0.2) is 0 Å². The first-order valence-corrected chi connectivity index (χ1v) is 8.05. The van der Waals surface area contributed by atoms with Crippen LogP contribution in [0.2, 0.25) is 5.02 Å². The molecule has 20 heavy (non-hydrogen) atoms. The summed E-state index contributed by atoms with van der Waals surface area (Å²) in [4.78, 5) is 0. The van der Waals surface area contributed by atoms with Crippen molar-refractivity contribution < 1.29 is 4.74 Å². The van der Waals surface area contributed by atoms with Gasteiger partial charge in [-0.2, -0.15) is 0 Å². The molecule has 1 saturated carbocycles. The molecule has 0 radical (unpaired) electrons. The van der Waals surface area contributed by atoms with Gasteiger partial charge >= 0.3 is 0 Å². The maximum Gasteiger partial charge on any atom is 0.122 e. The summed E-state index contributed by atoms with van der Waals surface area (Å²) >= 11 is 6.12. The standard InChI is InChI=1S/C17H26ClNO/c1-3-13-5-4-9-17(19,10-8-13)12-14-11-15(18)6-7-16(14)20-2/h6-7,11,13H,3-5,8-10,12,19H2,1-2H3. The zero-order valence-corrected chi connectivity index (χ0v) is 13.4. The van der Waals surface area contributed by atoms with Crippen molar-refractivity contribution in [2.75, 3.05) is 7.11 Å². The monoisotopic (exact) mass is 295 g/mol. The van der Waals surface area contributed by atoms with Crippen LogP contribution in [0.1, 0.15) is 51.0 Å². The van der Waals surface area contributed by atoms with Gasteiger partial charge in [-0.25, -0.2) is 0 Å². The van der Waals surface area contributed by atoms with Crippen LogP contribution in [0.5, 0.6) is 5.75 Å². The van der Waals surface area contributed by atoms with E-state index in [0.717, 1.165) is 41.5 Å². The van der Waals surface area contributed by atoms with Crippen LogP contribution in [0.25, 0.3) is 0 Å². The summed E-state index contributed by atoms with van der Waals surface area (Å²) in [5.74, 6) is 1.75. The van der Waals surface area contributed by atoms with Crippen molar-refractivity contribution in [2.24, 2.45) is 11.7 Å². The lowest BCUT2D eigenvalue weighted by molar-refractivity contribution is 0.348. The molecule has 0 aliphatic heterocycles. The molecule has 2 nitrogen and oxygen atoms in total. The average Bonchev–Trinajstić information content (AvgIpc) is 2.61. The summed E-state index contributed by atoms with van der Waals surface area (Å²) in [6.45, 7) is 2.29. The van der Waals surface area contributed by atoms with Crippen LogP contribution < -0.4 is 10.5 Å². The van der Waals surface area contributed by atoms with E-state index in [1.807, 2.05) is 18.2 Å². The van der Waals surface area contributed by atoms with Gasteiger partial charge in [0.1, 0.15) is 5.75 Å². The molecule has 1 aliphatic rings. The molecule has 2 atom stereocenters. The van der Waals surface area contributed by atoms with Gasteiger partial charge in [0.05, 0.1) is 7.11 Å². The molecule has 1 aromatic carbocycles. The van der Waals surface area contributed by atoms with E-state index in [4.69, 9.17) is 22.1 Å². The topological polar surface area (TPSA) is 35.2 Å². The van der Waals surface area contributed by atoms with Gasteiger partial charge in [-0.15, -0.1) is 0 Å². The van der Waals surface area contributed by atoms with Gasteiger partial charge in [0.2, 0.25) is 0 Å². The Morgan fingerprint density at radius 2 is 2.15 bits per heavy atom. The molecule has 0 saturated heterocycles. The van der Waals surface area contributed by atoms with Gasteiger partial charge in [-0.1, -0.05) is 37.8 Å². The number of rotatable bonds is 4.